The van der Waals surface area contributed by atoms with E-state index in [1.54, 1.807) is 6.07 Å². The van der Waals surface area contributed by atoms with Crippen LogP contribution in [0.4, 0.5) is 5.69 Å². The van der Waals surface area contributed by atoms with Crippen molar-refractivity contribution in [1.82, 2.24) is 4.72 Å². The third kappa shape index (κ3) is 3.31. The molecule has 0 saturated heterocycles. The Hall–Kier alpha value is -1.44. The highest BCUT2D eigenvalue weighted by Gasteiger charge is 2.21. The molecule has 1 aliphatic heterocycles. The van der Waals surface area contributed by atoms with E-state index in [4.69, 9.17) is 5.11 Å². The largest absolute Gasteiger partial charge is 0.396 e. The molecule has 0 saturated carbocycles. The lowest BCUT2D eigenvalue weighted by Crippen LogP contribution is -2.25. The number of unbranched alkanes of at least 4 members (excludes halogenated alkanes) is 1. The summed E-state index contributed by atoms with van der Waals surface area (Å²) < 4.78 is 26.5. The van der Waals surface area contributed by atoms with Gasteiger partial charge in [0.2, 0.25) is 15.9 Å². The Morgan fingerprint density at radius 3 is 2.84 bits per heavy atom. The topological polar surface area (TPSA) is 95.5 Å². The molecule has 19 heavy (non-hydrogen) atoms. The number of sulfonamides is 1. The van der Waals surface area contributed by atoms with Crippen LogP contribution in [0, 0.1) is 0 Å². The number of rotatable bonds is 6. The van der Waals surface area contributed by atoms with Gasteiger partial charge in [-0.1, -0.05) is 0 Å². The molecule has 0 spiro atoms. The maximum Gasteiger partial charge on any atom is 0.240 e. The third-order valence-corrected chi connectivity index (χ3v) is 4.35. The number of hydrogen-bond acceptors (Lipinski definition) is 4. The number of carbonyl (C=O) groups excluding carboxylic acids is 1. The molecule has 2 rings (SSSR count). The first-order valence-corrected chi connectivity index (χ1v) is 7.54. The van der Waals surface area contributed by atoms with Crippen LogP contribution >= 0.6 is 0 Å². The van der Waals surface area contributed by atoms with Crippen LogP contribution in [0.25, 0.3) is 0 Å². The summed E-state index contributed by atoms with van der Waals surface area (Å²) in [5, 5.41) is 11.3. The van der Waals surface area contributed by atoms with Crippen molar-refractivity contribution in [1.29, 1.82) is 0 Å². The first-order chi connectivity index (χ1) is 9.03. The maximum atomic E-state index is 12.0. The summed E-state index contributed by atoms with van der Waals surface area (Å²) in [6.45, 7) is 0.339. The van der Waals surface area contributed by atoms with Crippen molar-refractivity contribution in [2.24, 2.45) is 0 Å². The quantitative estimate of drug-likeness (QED) is 0.652. The summed E-state index contributed by atoms with van der Waals surface area (Å²) in [5.74, 6) is -0.125. The number of nitrogens with one attached hydrogen (secondary N) is 2. The highest BCUT2D eigenvalue weighted by atomic mass is 32.2. The zero-order chi connectivity index (χ0) is 13.9. The minimum atomic E-state index is -3.55. The zero-order valence-corrected chi connectivity index (χ0v) is 11.2. The lowest BCUT2D eigenvalue weighted by molar-refractivity contribution is -0.115. The molecule has 0 aliphatic carbocycles. The summed E-state index contributed by atoms with van der Waals surface area (Å²) in [6.07, 6.45) is 1.36. The lowest BCUT2D eigenvalue weighted by Gasteiger charge is -2.07. The molecule has 7 heteroatoms. The predicted molar refractivity (Wildman–Crippen MR) is 70.3 cm³/mol. The van der Waals surface area contributed by atoms with Gasteiger partial charge in [-0.15, -0.1) is 0 Å². The van der Waals surface area contributed by atoms with Gasteiger partial charge in [0.05, 0.1) is 11.3 Å². The molecule has 104 valence electrons. The second-order valence-electron chi connectivity index (χ2n) is 4.37. The van der Waals surface area contributed by atoms with Crippen molar-refractivity contribution in [3.05, 3.63) is 23.8 Å². The number of anilines is 1. The third-order valence-electron chi connectivity index (χ3n) is 2.89. The van der Waals surface area contributed by atoms with Crippen molar-refractivity contribution in [3.63, 3.8) is 0 Å². The van der Waals surface area contributed by atoms with E-state index in [1.165, 1.54) is 12.1 Å². The molecule has 1 aliphatic rings. The van der Waals surface area contributed by atoms with Crippen molar-refractivity contribution >= 4 is 21.6 Å². The summed E-state index contributed by atoms with van der Waals surface area (Å²) in [7, 11) is -3.55. The van der Waals surface area contributed by atoms with Gasteiger partial charge in [0.1, 0.15) is 0 Å². The van der Waals surface area contributed by atoms with Crippen molar-refractivity contribution < 1.29 is 18.3 Å². The fourth-order valence-corrected chi connectivity index (χ4v) is 3.02. The number of hydrogen-bond donors (Lipinski definition) is 3. The second kappa shape index (κ2) is 5.68. The highest BCUT2D eigenvalue weighted by Crippen LogP contribution is 2.25. The average Bonchev–Trinajstić information content (AvgIpc) is 2.73. The molecular formula is C12H16N2O4S. The molecule has 6 nitrogen and oxygen atoms in total. The van der Waals surface area contributed by atoms with E-state index >= 15 is 0 Å². The van der Waals surface area contributed by atoms with Gasteiger partial charge in [0.25, 0.3) is 0 Å². The first-order valence-electron chi connectivity index (χ1n) is 6.06. The molecule has 0 fully saturated rings. The van der Waals surface area contributed by atoms with Gasteiger partial charge in [-0.3, -0.25) is 4.79 Å². The first kappa shape index (κ1) is 14.0. The Balaban J connectivity index is 2.09. The number of aliphatic hydroxyl groups is 1. The van der Waals surface area contributed by atoms with Crippen molar-refractivity contribution in [2.75, 3.05) is 18.5 Å². The van der Waals surface area contributed by atoms with Gasteiger partial charge in [-0.25, -0.2) is 13.1 Å². The standard InChI is InChI=1S/C12H16N2O4S/c15-6-2-1-5-13-19(17,18)10-3-4-11-9(7-10)8-12(16)14-11/h3-4,7,13,15H,1-2,5-6,8H2,(H,14,16). The molecule has 0 bridgehead atoms. The number of aliphatic hydroxyl groups excluding tert-OH is 1. The molecule has 0 radical (unpaired) electrons. The molecule has 0 unspecified atom stereocenters. The Morgan fingerprint density at radius 2 is 2.11 bits per heavy atom. The maximum absolute atomic E-state index is 12.0. The predicted octanol–water partition coefficient (Wildman–Crippen LogP) is 0.232. The molecule has 0 atom stereocenters. The molecule has 1 aromatic rings. The fourth-order valence-electron chi connectivity index (χ4n) is 1.90. The van der Waals surface area contributed by atoms with E-state index < -0.39 is 10.0 Å². The van der Waals surface area contributed by atoms with Crippen LogP contribution in [0.5, 0.6) is 0 Å². The molecule has 1 heterocycles. The minimum Gasteiger partial charge on any atom is -0.396 e. The van der Waals surface area contributed by atoms with Gasteiger partial charge in [-0.05, 0) is 36.6 Å². The van der Waals surface area contributed by atoms with Gasteiger partial charge >= 0.3 is 0 Å². The molecule has 0 aromatic heterocycles. The summed E-state index contributed by atoms with van der Waals surface area (Å²) in [5.41, 5.74) is 1.37. The normalized spacial score (nSPS) is 14.3. The smallest absolute Gasteiger partial charge is 0.240 e. The van der Waals surface area contributed by atoms with E-state index in [9.17, 15) is 13.2 Å². The molecule has 1 aromatic carbocycles. The van der Waals surface area contributed by atoms with Gasteiger partial charge in [0, 0.05) is 18.8 Å². The number of amides is 1. The van der Waals surface area contributed by atoms with Crippen molar-refractivity contribution in [3.8, 4) is 0 Å². The van der Waals surface area contributed by atoms with Crippen LogP contribution in [0.2, 0.25) is 0 Å². The number of carbonyl (C=O) groups is 1. The average molecular weight is 284 g/mol. The van der Waals surface area contributed by atoms with Crippen molar-refractivity contribution in [2.45, 2.75) is 24.2 Å². The van der Waals surface area contributed by atoms with E-state index in [2.05, 4.69) is 10.0 Å². The van der Waals surface area contributed by atoms with Crippen LogP contribution in [-0.4, -0.2) is 32.6 Å². The lowest BCUT2D eigenvalue weighted by atomic mass is 10.2. The fraction of sp³-hybridized carbons (Fsp3) is 0.417. The minimum absolute atomic E-state index is 0.0500. The summed E-state index contributed by atoms with van der Waals surface area (Å²) in [6, 6.07) is 4.59. The second-order valence-corrected chi connectivity index (χ2v) is 6.14. The Bertz CT molecular complexity index is 583. The van der Waals surface area contributed by atoms with Crippen LogP contribution < -0.4 is 10.0 Å². The molecular weight excluding hydrogens is 268 g/mol. The van der Waals surface area contributed by atoms with Gasteiger partial charge in [-0.2, -0.15) is 0 Å². The molecule has 3 N–H and O–H groups in total. The van der Waals surface area contributed by atoms with E-state index in [0.29, 0.717) is 24.1 Å². The Kier molecular flexibility index (Phi) is 4.18. The number of benzene rings is 1. The zero-order valence-electron chi connectivity index (χ0n) is 10.3. The van der Waals surface area contributed by atoms with E-state index in [1.807, 2.05) is 0 Å². The van der Waals surface area contributed by atoms with Crippen LogP contribution in [-0.2, 0) is 21.2 Å². The van der Waals surface area contributed by atoms with Gasteiger partial charge < -0.3 is 10.4 Å². The van der Waals surface area contributed by atoms with E-state index in [0.717, 1.165) is 0 Å². The molecule has 1 amide bonds. The Morgan fingerprint density at radius 1 is 1.32 bits per heavy atom. The highest BCUT2D eigenvalue weighted by molar-refractivity contribution is 7.89. The van der Waals surface area contributed by atoms with Crippen LogP contribution in [0.1, 0.15) is 18.4 Å². The van der Waals surface area contributed by atoms with Crippen LogP contribution in [0.3, 0.4) is 0 Å². The van der Waals surface area contributed by atoms with Gasteiger partial charge in [0.15, 0.2) is 0 Å². The SMILES string of the molecule is O=C1Cc2cc(S(=O)(=O)NCCCCO)ccc2N1. The monoisotopic (exact) mass is 284 g/mol. The summed E-state index contributed by atoms with van der Waals surface area (Å²) in [4.78, 5) is 11.4. The number of fused-ring (bicyclic) bond motifs is 1. The summed E-state index contributed by atoms with van der Waals surface area (Å²) >= 11 is 0. The van der Waals surface area contributed by atoms with Crippen LogP contribution in [0.15, 0.2) is 23.1 Å². The van der Waals surface area contributed by atoms with E-state index in [-0.39, 0.29) is 30.4 Å². The Labute approximate surface area is 111 Å².